The molecule has 0 bridgehead atoms. The van der Waals surface area contributed by atoms with E-state index in [1.807, 2.05) is 11.4 Å². The van der Waals surface area contributed by atoms with Crippen molar-refractivity contribution in [2.45, 2.75) is 32.2 Å². The van der Waals surface area contributed by atoms with E-state index in [2.05, 4.69) is 0 Å². The van der Waals surface area contributed by atoms with E-state index in [9.17, 15) is 14.0 Å². The van der Waals surface area contributed by atoms with Crippen LogP contribution in [-0.4, -0.2) is 32.7 Å². The zero-order valence-electron chi connectivity index (χ0n) is 16.1. The number of nitrogens with two attached hydrogens (primary N) is 1. The molecule has 1 aliphatic rings. The minimum Gasteiger partial charge on any atom is -0.481 e. The van der Waals surface area contributed by atoms with Gasteiger partial charge in [0.1, 0.15) is 10.1 Å². The van der Waals surface area contributed by atoms with Crippen molar-refractivity contribution in [3.05, 3.63) is 50.8 Å². The lowest BCUT2D eigenvalue weighted by Gasteiger charge is -2.13. The molecule has 2 heterocycles. The Balaban J connectivity index is 1.68. The first-order chi connectivity index (χ1) is 14.4. The summed E-state index contributed by atoms with van der Waals surface area (Å²) in [5.74, 6) is -1.26. The van der Waals surface area contributed by atoms with Gasteiger partial charge >= 0.3 is 5.97 Å². The van der Waals surface area contributed by atoms with E-state index in [0.29, 0.717) is 35.2 Å². The maximum Gasteiger partial charge on any atom is 0.303 e. The van der Waals surface area contributed by atoms with Crippen LogP contribution < -0.4 is 5.73 Å². The van der Waals surface area contributed by atoms with Crippen LogP contribution in [0.2, 0.25) is 0 Å². The van der Waals surface area contributed by atoms with Crippen molar-refractivity contribution in [2.75, 3.05) is 6.54 Å². The molecule has 9 heteroatoms. The van der Waals surface area contributed by atoms with Crippen molar-refractivity contribution in [1.29, 1.82) is 0 Å². The van der Waals surface area contributed by atoms with Gasteiger partial charge < -0.3 is 10.8 Å². The number of carbonyl (C=O) groups excluding carboxylic acids is 1. The number of nitrogens with zero attached hydrogens (tertiary/aromatic N) is 1. The lowest BCUT2D eigenvalue weighted by Crippen LogP contribution is -2.29. The van der Waals surface area contributed by atoms with Crippen molar-refractivity contribution in [3.63, 3.8) is 0 Å². The Kier molecular flexibility index (Phi) is 7.76. The number of unbranched alkanes of at least 4 members (excludes halogenated alkanes) is 2. The Morgan fingerprint density at radius 3 is 2.80 bits per heavy atom. The molecule has 1 amide bonds. The number of thiophene rings is 1. The van der Waals surface area contributed by atoms with Crippen LogP contribution in [-0.2, 0) is 16.1 Å². The first kappa shape index (κ1) is 22.6. The third-order valence-electron chi connectivity index (χ3n) is 4.64. The number of thiocarbonyl (C=S) groups is 1. The summed E-state index contributed by atoms with van der Waals surface area (Å²) in [5.41, 5.74) is 8.24. The second kappa shape index (κ2) is 10.3. The first-order valence-corrected chi connectivity index (χ1v) is 11.5. The Morgan fingerprint density at radius 1 is 1.27 bits per heavy atom. The molecule has 1 aromatic heterocycles. The van der Waals surface area contributed by atoms with E-state index in [1.165, 1.54) is 35.2 Å². The van der Waals surface area contributed by atoms with Gasteiger partial charge in [-0.25, -0.2) is 4.39 Å². The third-order valence-corrected chi connectivity index (χ3v) is 6.90. The second-order valence-corrected chi connectivity index (χ2v) is 9.40. The highest BCUT2D eigenvalue weighted by atomic mass is 32.2. The number of carbonyl (C=O) groups is 2. The Morgan fingerprint density at radius 2 is 2.07 bits per heavy atom. The van der Waals surface area contributed by atoms with Crippen molar-refractivity contribution in [3.8, 4) is 11.1 Å². The summed E-state index contributed by atoms with van der Waals surface area (Å²) < 4.78 is 14.2. The smallest absolute Gasteiger partial charge is 0.303 e. The highest BCUT2D eigenvalue weighted by Gasteiger charge is 2.31. The zero-order valence-corrected chi connectivity index (χ0v) is 18.5. The maximum absolute atomic E-state index is 13.7. The van der Waals surface area contributed by atoms with Gasteiger partial charge in [-0.2, -0.15) is 0 Å². The molecule has 3 rings (SSSR count). The van der Waals surface area contributed by atoms with Crippen LogP contribution in [0.15, 0.2) is 34.6 Å². The highest BCUT2D eigenvalue weighted by molar-refractivity contribution is 8.26. The van der Waals surface area contributed by atoms with Gasteiger partial charge in [-0.15, -0.1) is 11.3 Å². The number of halogens is 1. The van der Waals surface area contributed by atoms with Crippen LogP contribution in [0.3, 0.4) is 0 Å². The predicted octanol–water partition coefficient (Wildman–Crippen LogP) is 4.86. The third kappa shape index (κ3) is 5.54. The number of hydrogen-bond donors (Lipinski definition) is 2. The summed E-state index contributed by atoms with van der Waals surface area (Å²) in [7, 11) is 0. The number of carboxylic acids is 1. The van der Waals surface area contributed by atoms with E-state index in [1.54, 1.807) is 17.0 Å². The number of hydrogen-bond acceptors (Lipinski definition) is 6. The average Bonchev–Trinajstić information content (AvgIpc) is 3.27. The predicted molar refractivity (Wildman–Crippen MR) is 124 cm³/mol. The Labute approximate surface area is 187 Å². The molecule has 0 spiro atoms. The van der Waals surface area contributed by atoms with Crippen molar-refractivity contribution in [2.24, 2.45) is 5.73 Å². The first-order valence-electron chi connectivity index (χ1n) is 9.43. The van der Waals surface area contributed by atoms with Crippen LogP contribution in [0.25, 0.3) is 17.2 Å². The average molecular weight is 465 g/mol. The fourth-order valence-corrected chi connectivity index (χ4v) is 5.32. The minimum absolute atomic E-state index is 0.133. The number of carboxylic acid groups (broad SMARTS) is 1. The maximum atomic E-state index is 13.7. The molecule has 1 aromatic carbocycles. The van der Waals surface area contributed by atoms with Gasteiger partial charge in [0.15, 0.2) is 0 Å². The van der Waals surface area contributed by atoms with E-state index in [0.717, 1.165) is 28.0 Å². The van der Waals surface area contributed by atoms with E-state index >= 15 is 0 Å². The number of thioether (sulfide) groups is 1. The fourth-order valence-electron chi connectivity index (χ4n) is 3.11. The minimum atomic E-state index is -0.810. The summed E-state index contributed by atoms with van der Waals surface area (Å²) >= 11 is 8.07. The molecule has 1 fully saturated rings. The molecule has 30 heavy (non-hydrogen) atoms. The molecule has 2 aromatic rings. The summed E-state index contributed by atoms with van der Waals surface area (Å²) in [4.78, 5) is 26.3. The fraction of sp³-hybridized carbons (Fsp3) is 0.286. The molecule has 0 radical (unpaired) electrons. The molecule has 0 atom stereocenters. The van der Waals surface area contributed by atoms with E-state index in [-0.39, 0.29) is 18.1 Å². The SMILES string of the molecule is NCc1ccc(F)cc1-c1csc(/C=C2\SC(=S)N(CCCCCC(=O)O)C2=O)c1. The summed E-state index contributed by atoms with van der Waals surface area (Å²) in [6, 6.07) is 6.46. The van der Waals surface area contributed by atoms with Crippen molar-refractivity contribution in [1.82, 2.24) is 4.90 Å². The molecular formula is C21H21FN2O3S3. The summed E-state index contributed by atoms with van der Waals surface area (Å²) in [6.45, 7) is 0.798. The number of benzene rings is 1. The Hall–Kier alpha value is -2.07. The molecule has 5 nitrogen and oxygen atoms in total. The van der Waals surface area contributed by atoms with E-state index in [4.69, 9.17) is 23.1 Å². The van der Waals surface area contributed by atoms with E-state index < -0.39 is 5.97 Å². The molecule has 1 saturated heterocycles. The van der Waals surface area contributed by atoms with Gasteiger partial charge in [-0.05, 0) is 59.2 Å². The normalized spacial score (nSPS) is 15.4. The number of amides is 1. The van der Waals surface area contributed by atoms with Crippen LogP contribution >= 0.6 is 35.3 Å². The Bertz CT molecular complexity index is 1000. The number of rotatable bonds is 9. The van der Waals surface area contributed by atoms with Gasteiger partial charge in [0.05, 0.1) is 4.91 Å². The van der Waals surface area contributed by atoms with Crippen LogP contribution in [0.5, 0.6) is 0 Å². The quantitative estimate of drug-likeness (QED) is 0.313. The molecule has 0 saturated carbocycles. The van der Waals surface area contributed by atoms with Crippen LogP contribution in [0.4, 0.5) is 4.39 Å². The zero-order chi connectivity index (χ0) is 21.7. The van der Waals surface area contributed by atoms with Crippen molar-refractivity contribution >= 4 is 57.6 Å². The standard InChI is InChI=1S/C21H21FN2O3S3/c22-15-6-5-13(11-23)17(9-15)14-8-16(29-12-14)10-18-20(27)24(21(28)30-18)7-3-1-2-4-19(25)26/h5-6,8-10,12H,1-4,7,11,23H2,(H,25,26)/b18-10-. The van der Waals surface area contributed by atoms with Gasteiger partial charge in [-0.3, -0.25) is 14.5 Å². The highest BCUT2D eigenvalue weighted by Crippen LogP contribution is 2.35. The molecular weight excluding hydrogens is 443 g/mol. The molecule has 158 valence electrons. The van der Waals surface area contributed by atoms with Crippen LogP contribution in [0.1, 0.15) is 36.1 Å². The molecule has 0 aliphatic carbocycles. The summed E-state index contributed by atoms with van der Waals surface area (Å²) in [5, 5.41) is 10.6. The van der Waals surface area contributed by atoms with Gasteiger partial charge in [0, 0.05) is 24.4 Å². The van der Waals surface area contributed by atoms with Crippen LogP contribution in [0, 0.1) is 5.82 Å². The molecule has 1 aliphatic heterocycles. The monoisotopic (exact) mass is 464 g/mol. The lowest BCUT2D eigenvalue weighted by atomic mass is 10.0. The topological polar surface area (TPSA) is 83.6 Å². The van der Waals surface area contributed by atoms with Gasteiger partial charge in [0.2, 0.25) is 0 Å². The second-order valence-electron chi connectivity index (χ2n) is 6.78. The molecule has 0 unspecified atom stereocenters. The largest absolute Gasteiger partial charge is 0.481 e. The molecule has 3 N–H and O–H groups in total. The van der Waals surface area contributed by atoms with Gasteiger partial charge in [0.25, 0.3) is 5.91 Å². The van der Waals surface area contributed by atoms with Gasteiger partial charge in [-0.1, -0.05) is 36.5 Å². The van der Waals surface area contributed by atoms with Crippen molar-refractivity contribution < 1.29 is 19.1 Å². The summed E-state index contributed by atoms with van der Waals surface area (Å²) in [6.07, 6.45) is 3.96. The lowest BCUT2D eigenvalue weighted by molar-refractivity contribution is -0.137. The number of aliphatic carboxylic acids is 1.